The van der Waals surface area contributed by atoms with Crippen molar-refractivity contribution in [1.29, 1.82) is 0 Å². The molecule has 2 atom stereocenters. The number of carbonyl (C=O) groups excluding carboxylic acids is 2. The summed E-state index contributed by atoms with van der Waals surface area (Å²) in [5.74, 6) is -4.40. The van der Waals surface area contributed by atoms with Crippen LogP contribution in [0.15, 0.2) is 24.3 Å². The molecule has 0 heterocycles. The molecule has 0 radical (unpaired) electrons. The zero-order chi connectivity index (χ0) is 24.0. The first-order valence-electron chi connectivity index (χ1n) is 8.55. The normalized spacial score (nSPS) is 12.6. The van der Waals surface area contributed by atoms with Gasteiger partial charge in [0.1, 0.15) is 6.10 Å². The molecule has 13 heteroatoms. The monoisotopic (exact) mass is 448 g/mol. The maximum Gasteiger partial charge on any atom is 0.342 e. The van der Waals surface area contributed by atoms with Crippen molar-refractivity contribution in [3.05, 3.63) is 29.8 Å². The molecule has 0 saturated heterocycles. The largest absolute Gasteiger partial charge is 0.478 e. The van der Waals surface area contributed by atoms with Crippen molar-refractivity contribution < 1.29 is 64.7 Å². The number of esters is 2. The summed E-state index contributed by atoms with van der Waals surface area (Å²) in [5, 5.41) is 68.5. The van der Waals surface area contributed by atoms with Gasteiger partial charge < -0.3 is 50.3 Å². The summed E-state index contributed by atoms with van der Waals surface area (Å²) in [6, 6.07) is 3.61. The van der Waals surface area contributed by atoms with E-state index in [9.17, 15) is 24.6 Å². The molecule has 0 aliphatic rings. The predicted octanol–water partition coefficient (Wildman–Crippen LogP) is -3.37. The summed E-state index contributed by atoms with van der Waals surface area (Å²) in [4.78, 5) is 33.6. The van der Waals surface area contributed by atoms with Crippen molar-refractivity contribution in [2.24, 2.45) is 0 Å². The number of ether oxygens (including phenoxy) is 2. The average molecular weight is 448 g/mol. The molecule has 0 aliphatic heterocycles. The Hall–Kier alpha value is -2.91. The van der Waals surface area contributed by atoms with Gasteiger partial charge in [-0.2, -0.15) is 0 Å². The Labute approximate surface area is 175 Å². The van der Waals surface area contributed by atoms with Crippen LogP contribution < -0.4 is 9.47 Å². The first-order valence-corrected chi connectivity index (χ1v) is 8.55. The fraction of sp³-hybridized carbons (Fsp3) is 0.389. The van der Waals surface area contributed by atoms with E-state index < -0.39 is 49.4 Å². The van der Waals surface area contributed by atoms with Gasteiger partial charge in [0.15, 0.2) is 23.7 Å². The Morgan fingerprint density at radius 3 is 1.68 bits per heavy atom. The van der Waals surface area contributed by atoms with E-state index in [0.717, 1.165) is 24.3 Å². The highest BCUT2D eigenvalue weighted by molar-refractivity contribution is 5.86. The van der Waals surface area contributed by atoms with Gasteiger partial charge in [0.05, 0.1) is 26.4 Å². The number of benzene rings is 1. The molecule has 8 N–H and O–H groups in total. The number of hydrogen-bond donors (Lipinski definition) is 8. The van der Waals surface area contributed by atoms with E-state index in [1.807, 2.05) is 0 Å². The molecule has 1 aromatic rings. The Morgan fingerprint density at radius 2 is 1.29 bits per heavy atom. The molecule has 0 aromatic heterocycles. The topological polar surface area (TPSA) is 232 Å². The van der Waals surface area contributed by atoms with Crippen molar-refractivity contribution in [1.82, 2.24) is 0 Å². The van der Waals surface area contributed by atoms with Gasteiger partial charge in [0.2, 0.25) is 0 Å². The second kappa shape index (κ2) is 15.0. The highest BCUT2D eigenvalue weighted by Gasteiger charge is 2.22. The average Bonchev–Trinajstić information content (AvgIpc) is 2.77. The SMILES string of the molecule is O=C(O)C=Cc1ccc(OC(=O)C(O)CO)c(OC(=O)C(O)CO)c1.OCC(O)CO. The molecule has 0 saturated carbocycles. The molecule has 1 aromatic carbocycles. The molecular weight excluding hydrogens is 424 g/mol. The van der Waals surface area contributed by atoms with Crippen LogP contribution in [0.1, 0.15) is 5.56 Å². The van der Waals surface area contributed by atoms with Crippen molar-refractivity contribution in [3.63, 3.8) is 0 Å². The minimum atomic E-state index is -1.84. The van der Waals surface area contributed by atoms with Gasteiger partial charge in [0, 0.05) is 6.08 Å². The molecule has 2 unspecified atom stereocenters. The van der Waals surface area contributed by atoms with E-state index in [4.69, 9.17) is 40.1 Å². The van der Waals surface area contributed by atoms with E-state index in [1.54, 1.807) is 0 Å². The second-order valence-corrected chi connectivity index (χ2v) is 5.64. The lowest BCUT2D eigenvalue weighted by atomic mass is 10.2. The number of rotatable bonds is 10. The standard InChI is InChI=1S/C15H16O10.C3H8O3/c16-6-9(18)14(22)24-11-3-1-8(2-4-13(20)21)5-12(11)25-15(23)10(19)7-17;4-1-3(6)2-5/h1-5,9-10,16-19H,6-7H2,(H,20,21);3-6H,1-2H2. The van der Waals surface area contributed by atoms with E-state index in [0.29, 0.717) is 0 Å². The second-order valence-electron chi connectivity index (χ2n) is 5.64. The van der Waals surface area contributed by atoms with Gasteiger partial charge in [0.25, 0.3) is 0 Å². The molecule has 1 rings (SSSR count). The predicted molar refractivity (Wildman–Crippen MR) is 101 cm³/mol. The maximum atomic E-state index is 11.6. The maximum absolute atomic E-state index is 11.6. The van der Waals surface area contributed by atoms with Crippen LogP contribution in [0.25, 0.3) is 6.08 Å². The third-order valence-electron chi connectivity index (χ3n) is 3.12. The smallest absolute Gasteiger partial charge is 0.342 e. The fourth-order valence-electron chi connectivity index (χ4n) is 1.52. The van der Waals surface area contributed by atoms with E-state index >= 15 is 0 Å². The van der Waals surface area contributed by atoms with Gasteiger partial charge in [-0.15, -0.1) is 0 Å². The molecular formula is C18H24O13. The van der Waals surface area contributed by atoms with Crippen LogP contribution in [-0.2, 0) is 14.4 Å². The molecule has 0 spiro atoms. The number of carbonyl (C=O) groups is 3. The summed E-state index contributed by atoms with van der Waals surface area (Å²) >= 11 is 0. The molecule has 174 valence electrons. The quantitative estimate of drug-likeness (QED) is 0.0993. The first kappa shape index (κ1) is 28.1. The van der Waals surface area contributed by atoms with Gasteiger partial charge in [-0.25, -0.2) is 14.4 Å². The zero-order valence-electron chi connectivity index (χ0n) is 16.1. The molecule has 31 heavy (non-hydrogen) atoms. The highest BCUT2D eigenvalue weighted by atomic mass is 16.6. The van der Waals surface area contributed by atoms with E-state index in [-0.39, 0.29) is 30.3 Å². The fourth-order valence-corrected chi connectivity index (χ4v) is 1.52. The molecule has 13 nitrogen and oxygen atoms in total. The van der Waals surface area contributed by atoms with Crippen molar-refractivity contribution in [2.75, 3.05) is 26.4 Å². The Morgan fingerprint density at radius 1 is 0.806 bits per heavy atom. The molecule has 0 amide bonds. The van der Waals surface area contributed by atoms with Gasteiger partial charge in [-0.1, -0.05) is 6.07 Å². The van der Waals surface area contributed by atoms with Crippen LogP contribution >= 0.6 is 0 Å². The summed E-state index contributed by atoms with van der Waals surface area (Å²) in [6.45, 7) is -2.53. The van der Waals surface area contributed by atoms with Crippen LogP contribution in [0.5, 0.6) is 11.5 Å². The number of aliphatic carboxylic acids is 1. The van der Waals surface area contributed by atoms with E-state index in [2.05, 4.69) is 0 Å². The summed E-state index contributed by atoms with van der Waals surface area (Å²) in [5.41, 5.74) is 0.256. The lowest BCUT2D eigenvalue weighted by Crippen LogP contribution is -2.30. The zero-order valence-corrected chi connectivity index (χ0v) is 16.1. The number of carboxylic acids is 1. The minimum absolute atomic E-state index is 0.256. The lowest BCUT2D eigenvalue weighted by molar-refractivity contribution is -0.148. The number of hydrogen-bond acceptors (Lipinski definition) is 12. The number of aliphatic hydroxyl groups excluding tert-OH is 7. The molecule has 0 aliphatic carbocycles. The Kier molecular flexibility index (Phi) is 13.6. The minimum Gasteiger partial charge on any atom is -0.478 e. The number of carboxylic acid groups (broad SMARTS) is 1. The Balaban J connectivity index is 0.00000131. The van der Waals surface area contributed by atoms with Gasteiger partial charge in [-0.3, -0.25) is 0 Å². The highest BCUT2D eigenvalue weighted by Crippen LogP contribution is 2.30. The van der Waals surface area contributed by atoms with Crippen LogP contribution in [0.4, 0.5) is 0 Å². The summed E-state index contributed by atoms with van der Waals surface area (Å²) < 4.78 is 9.59. The van der Waals surface area contributed by atoms with Crippen molar-refractivity contribution in [2.45, 2.75) is 18.3 Å². The molecule has 0 bridgehead atoms. The summed E-state index contributed by atoms with van der Waals surface area (Å²) in [7, 11) is 0. The van der Waals surface area contributed by atoms with Crippen LogP contribution in [-0.4, -0.2) is 103 Å². The van der Waals surface area contributed by atoms with E-state index in [1.165, 1.54) is 6.07 Å². The van der Waals surface area contributed by atoms with Gasteiger partial charge >= 0.3 is 17.9 Å². The number of aliphatic hydroxyl groups is 7. The Bertz CT molecular complexity index is 742. The third kappa shape index (κ3) is 11.2. The summed E-state index contributed by atoms with van der Waals surface area (Å²) in [6.07, 6.45) is -2.64. The third-order valence-corrected chi connectivity index (χ3v) is 3.12. The molecule has 0 fully saturated rings. The van der Waals surface area contributed by atoms with Crippen molar-refractivity contribution in [3.8, 4) is 11.5 Å². The van der Waals surface area contributed by atoms with Crippen LogP contribution in [0, 0.1) is 0 Å². The van der Waals surface area contributed by atoms with Crippen molar-refractivity contribution >= 4 is 24.0 Å². The first-order chi connectivity index (χ1) is 14.6. The van der Waals surface area contributed by atoms with Crippen LogP contribution in [0.3, 0.4) is 0 Å². The lowest BCUT2D eigenvalue weighted by Gasteiger charge is -2.14. The van der Waals surface area contributed by atoms with Gasteiger partial charge in [-0.05, 0) is 23.8 Å². The van der Waals surface area contributed by atoms with Crippen LogP contribution in [0.2, 0.25) is 0 Å².